The van der Waals surface area contributed by atoms with E-state index < -0.39 is 27.3 Å². The summed E-state index contributed by atoms with van der Waals surface area (Å²) in [7, 11) is -5.51. The summed E-state index contributed by atoms with van der Waals surface area (Å²) in [6, 6.07) is 0. The van der Waals surface area contributed by atoms with Crippen LogP contribution in [0.4, 0.5) is 22.0 Å². The highest BCUT2D eigenvalue weighted by Crippen LogP contribution is 2.57. The number of methoxy groups -OCH3 is 1. The molecule has 1 saturated heterocycles. The molecule has 1 aliphatic rings. The van der Waals surface area contributed by atoms with Crippen molar-refractivity contribution in [2.45, 2.75) is 17.2 Å². The highest BCUT2D eigenvalue weighted by atomic mass is 32.2. The molecule has 1 rings (SSSR count). The van der Waals surface area contributed by atoms with Crippen molar-refractivity contribution in [1.29, 1.82) is 0 Å². The summed E-state index contributed by atoms with van der Waals surface area (Å²) >= 11 is 0. The van der Waals surface area contributed by atoms with Crippen molar-refractivity contribution >= 4 is 10.1 Å². The fourth-order valence-electron chi connectivity index (χ4n) is 0.807. The molecule has 1 unspecified atom stereocenters. The molecule has 1 atom stereocenters. The van der Waals surface area contributed by atoms with Gasteiger partial charge in [-0.05, 0) is 0 Å². The molecule has 0 spiro atoms. The Morgan fingerprint density at radius 3 is 1.86 bits per heavy atom. The van der Waals surface area contributed by atoms with E-state index in [2.05, 4.69) is 8.92 Å². The number of alkyl halides is 5. The molecule has 0 aromatic carbocycles. The van der Waals surface area contributed by atoms with Gasteiger partial charge < -0.3 is 4.74 Å². The SMILES string of the molecule is COC(F)(F)C1(F)C(F)(F)OS1(=O)=O. The number of ether oxygens (including phenoxy) is 1. The van der Waals surface area contributed by atoms with Gasteiger partial charge in [-0.25, -0.2) is 4.39 Å². The van der Waals surface area contributed by atoms with Crippen LogP contribution >= 0.6 is 0 Å². The Labute approximate surface area is 74.7 Å². The lowest BCUT2D eigenvalue weighted by molar-refractivity contribution is -0.386. The zero-order chi connectivity index (χ0) is 11.4. The Kier molecular flexibility index (Phi) is 2.11. The molecule has 0 saturated carbocycles. The van der Waals surface area contributed by atoms with Gasteiger partial charge in [0.05, 0.1) is 0 Å². The maximum absolute atomic E-state index is 12.9. The van der Waals surface area contributed by atoms with Gasteiger partial charge in [-0.1, -0.05) is 0 Å². The Balaban J connectivity index is 3.28. The van der Waals surface area contributed by atoms with Gasteiger partial charge in [0.1, 0.15) is 0 Å². The molecular weight excluding hydrogens is 239 g/mol. The topological polar surface area (TPSA) is 52.6 Å². The summed E-state index contributed by atoms with van der Waals surface area (Å²) in [6.07, 6.45) is -10.3. The number of hydrogen-bond donors (Lipinski definition) is 0. The standard InChI is InChI=1S/C4H3F5O4S/c1-12-3(6,7)2(5)4(8,9)13-14(2,10)11/h1H3. The van der Waals surface area contributed by atoms with Crippen LogP contribution in [0.3, 0.4) is 0 Å². The van der Waals surface area contributed by atoms with E-state index in [1.54, 1.807) is 0 Å². The molecule has 84 valence electrons. The van der Waals surface area contributed by atoms with Crippen LogP contribution < -0.4 is 0 Å². The lowest BCUT2D eigenvalue weighted by Gasteiger charge is -2.42. The molecule has 0 aliphatic carbocycles. The van der Waals surface area contributed by atoms with E-state index in [0.29, 0.717) is 0 Å². The second-order valence-corrected chi connectivity index (χ2v) is 4.01. The van der Waals surface area contributed by atoms with Crippen LogP contribution in [0, 0.1) is 0 Å². The van der Waals surface area contributed by atoms with E-state index in [4.69, 9.17) is 0 Å². The number of halogens is 5. The summed E-state index contributed by atoms with van der Waals surface area (Å²) < 4.78 is 88.7. The highest BCUT2D eigenvalue weighted by Gasteiger charge is 2.90. The van der Waals surface area contributed by atoms with Gasteiger partial charge >= 0.3 is 27.3 Å². The van der Waals surface area contributed by atoms with Gasteiger partial charge in [0, 0.05) is 7.11 Å². The first kappa shape index (κ1) is 11.6. The monoisotopic (exact) mass is 242 g/mol. The highest BCUT2D eigenvalue weighted by molar-refractivity contribution is 7.89. The number of rotatable bonds is 2. The molecule has 4 nitrogen and oxygen atoms in total. The Hall–Kier alpha value is -0.480. The maximum atomic E-state index is 12.9. The minimum Gasteiger partial charge on any atom is -0.320 e. The van der Waals surface area contributed by atoms with Crippen molar-refractivity contribution in [3.63, 3.8) is 0 Å². The summed E-state index contributed by atoms with van der Waals surface area (Å²) in [5.74, 6) is 0. The Morgan fingerprint density at radius 2 is 1.71 bits per heavy atom. The van der Waals surface area contributed by atoms with Crippen LogP contribution in [0.5, 0.6) is 0 Å². The number of hydrogen-bond acceptors (Lipinski definition) is 4. The molecule has 0 bridgehead atoms. The average Bonchev–Trinajstić information content (AvgIpc) is 2.00. The minimum absolute atomic E-state index is 0.186. The molecule has 1 aliphatic heterocycles. The van der Waals surface area contributed by atoms with E-state index in [9.17, 15) is 30.4 Å². The molecular formula is C4H3F5O4S. The lowest BCUT2D eigenvalue weighted by Crippen LogP contribution is -2.73. The quantitative estimate of drug-likeness (QED) is 0.532. The van der Waals surface area contributed by atoms with Crippen LogP contribution in [0.25, 0.3) is 0 Å². The molecule has 1 heterocycles. The fraction of sp³-hybridized carbons (Fsp3) is 1.00. The molecule has 0 N–H and O–H groups in total. The van der Waals surface area contributed by atoms with Gasteiger partial charge in [0.15, 0.2) is 0 Å². The van der Waals surface area contributed by atoms with Gasteiger partial charge in [-0.15, -0.1) is 0 Å². The van der Waals surface area contributed by atoms with Gasteiger partial charge in [-0.3, -0.25) is 0 Å². The summed E-state index contributed by atoms with van der Waals surface area (Å²) in [5.41, 5.74) is 0. The predicted molar refractivity (Wildman–Crippen MR) is 30.7 cm³/mol. The third kappa shape index (κ3) is 1.01. The van der Waals surface area contributed by atoms with Crippen LogP contribution in [0.15, 0.2) is 0 Å². The first-order valence-corrected chi connectivity index (χ1v) is 4.37. The first-order chi connectivity index (χ1) is 6.02. The van der Waals surface area contributed by atoms with Crippen molar-refractivity contribution < 1.29 is 39.3 Å². The molecule has 1 fully saturated rings. The fourth-order valence-corrected chi connectivity index (χ4v) is 1.90. The molecule has 0 radical (unpaired) electrons. The molecule has 0 amide bonds. The normalized spacial score (nSPS) is 35.0. The Morgan fingerprint density at radius 1 is 1.29 bits per heavy atom. The van der Waals surface area contributed by atoms with E-state index in [1.165, 1.54) is 0 Å². The van der Waals surface area contributed by atoms with Crippen LogP contribution in [-0.4, -0.2) is 32.7 Å². The van der Waals surface area contributed by atoms with Crippen molar-refractivity contribution in [2.24, 2.45) is 0 Å². The average molecular weight is 242 g/mol. The van der Waals surface area contributed by atoms with Gasteiger partial charge in [0.25, 0.3) is 0 Å². The van der Waals surface area contributed by atoms with Gasteiger partial charge in [0.2, 0.25) is 0 Å². The minimum atomic E-state index is -5.69. The first-order valence-electron chi connectivity index (χ1n) is 2.97. The zero-order valence-electron chi connectivity index (χ0n) is 6.43. The van der Waals surface area contributed by atoms with Crippen molar-refractivity contribution in [1.82, 2.24) is 0 Å². The molecule has 10 heteroatoms. The van der Waals surface area contributed by atoms with Crippen molar-refractivity contribution in [3.8, 4) is 0 Å². The van der Waals surface area contributed by atoms with Crippen LogP contribution in [0.2, 0.25) is 0 Å². The molecule has 0 aromatic heterocycles. The van der Waals surface area contributed by atoms with Crippen molar-refractivity contribution in [3.05, 3.63) is 0 Å². The van der Waals surface area contributed by atoms with E-state index in [1.807, 2.05) is 0 Å². The van der Waals surface area contributed by atoms with Crippen LogP contribution in [0.1, 0.15) is 0 Å². The van der Waals surface area contributed by atoms with Crippen LogP contribution in [-0.2, 0) is 19.0 Å². The summed E-state index contributed by atoms with van der Waals surface area (Å²) in [6.45, 7) is 0. The third-order valence-electron chi connectivity index (χ3n) is 1.56. The van der Waals surface area contributed by atoms with Crippen molar-refractivity contribution in [2.75, 3.05) is 7.11 Å². The second kappa shape index (κ2) is 2.55. The second-order valence-electron chi connectivity index (χ2n) is 2.37. The zero-order valence-corrected chi connectivity index (χ0v) is 7.25. The summed E-state index contributed by atoms with van der Waals surface area (Å²) in [5, 5.41) is -5.18. The van der Waals surface area contributed by atoms with E-state index >= 15 is 0 Å². The van der Waals surface area contributed by atoms with E-state index in [0.717, 1.165) is 0 Å². The molecule has 14 heavy (non-hydrogen) atoms. The summed E-state index contributed by atoms with van der Waals surface area (Å²) in [4.78, 5) is 0. The maximum Gasteiger partial charge on any atom is 0.429 e. The lowest BCUT2D eigenvalue weighted by atomic mass is 10.3. The third-order valence-corrected chi connectivity index (χ3v) is 3.16. The smallest absolute Gasteiger partial charge is 0.320 e. The largest absolute Gasteiger partial charge is 0.429 e. The van der Waals surface area contributed by atoms with E-state index in [-0.39, 0.29) is 7.11 Å². The molecule has 0 aromatic rings. The van der Waals surface area contributed by atoms with Gasteiger partial charge in [-0.2, -0.15) is 30.2 Å². The Bertz CT molecular complexity index is 351. The predicted octanol–water partition coefficient (Wildman–Crippen LogP) is 0.844.